The standard InChI is InChI=1S/C19H13BrN2O6/c20-16-8-7-15(28-16)18(24)22-14(10-13-2-1-9-27-13)17(23)21-12-5-3-11(4-6-12)19(25)26/h1-10H,(H,21,23)(H,22,24)(H,25,26)/p-1/b14-10+. The smallest absolute Gasteiger partial charge is 0.291 e. The van der Waals surface area contributed by atoms with Gasteiger partial charge in [0.2, 0.25) is 0 Å². The van der Waals surface area contributed by atoms with Crippen molar-refractivity contribution >= 4 is 45.5 Å². The van der Waals surface area contributed by atoms with Crippen LogP contribution >= 0.6 is 15.9 Å². The molecule has 0 aliphatic heterocycles. The van der Waals surface area contributed by atoms with Crippen LogP contribution in [-0.2, 0) is 4.79 Å². The Bertz CT molecular complexity index is 1030. The number of rotatable bonds is 6. The van der Waals surface area contributed by atoms with Crippen LogP contribution in [-0.4, -0.2) is 17.8 Å². The van der Waals surface area contributed by atoms with Crippen LogP contribution in [0, 0.1) is 0 Å². The summed E-state index contributed by atoms with van der Waals surface area (Å²) in [6, 6.07) is 11.6. The maximum atomic E-state index is 12.6. The second-order valence-corrected chi connectivity index (χ2v) is 6.23. The number of carbonyl (C=O) groups excluding carboxylic acids is 3. The molecule has 0 unspecified atom stereocenters. The minimum Gasteiger partial charge on any atom is -0.545 e. The van der Waals surface area contributed by atoms with Crippen molar-refractivity contribution in [2.45, 2.75) is 0 Å². The number of carboxylic acid groups (broad SMARTS) is 1. The number of hydrogen-bond acceptors (Lipinski definition) is 6. The van der Waals surface area contributed by atoms with Gasteiger partial charge >= 0.3 is 0 Å². The number of carboxylic acids is 1. The van der Waals surface area contributed by atoms with Gasteiger partial charge in [0.15, 0.2) is 10.4 Å². The maximum Gasteiger partial charge on any atom is 0.291 e. The predicted octanol–water partition coefficient (Wildman–Crippen LogP) is 2.41. The summed E-state index contributed by atoms with van der Waals surface area (Å²) in [5.41, 5.74) is 0.202. The lowest BCUT2D eigenvalue weighted by Crippen LogP contribution is -2.30. The summed E-state index contributed by atoms with van der Waals surface area (Å²) < 4.78 is 10.7. The largest absolute Gasteiger partial charge is 0.545 e. The Hall–Kier alpha value is -3.59. The molecule has 2 aromatic heterocycles. The van der Waals surface area contributed by atoms with Crippen molar-refractivity contribution in [3.63, 3.8) is 0 Å². The Morgan fingerprint density at radius 3 is 2.36 bits per heavy atom. The highest BCUT2D eigenvalue weighted by molar-refractivity contribution is 9.10. The van der Waals surface area contributed by atoms with Crippen molar-refractivity contribution in [3.8, 4) is 0 Å². The molecule has 0 fully saturated rings. The fourth-order valence-electron chi connectivity index (χ4n) is 2.18. The summed E-state index contributed by atoms with van der Waals surface area (Å²) in [6.45, 7) is 0. The summed E-state index contributed by atoms with van der Waals surface area (Å²) >= 11 is 3.10. The van der Waals surface area contributed by atoms with E-state index in [1.54, 1.807) is 18.2 Å². The van der Waals surface area contributed by atoms with E-state index in [-0.39, 0.29) is 17.0 Å². The van der Waals surface area contributed by atoms with Gasteiger partial charge in [-0.3, -0.25) is 9.59 Å². The van der Waals surface area contributed by atoms with E-state index in [0.717, 1.165) is 0 Å². The van der Waals surface area contributed by atoms with E-state index >= 15 is 0 Å². The van der Waals surface area contributed by atoms with Crippen LogP contribution in [0.3, 0.4) is 0 Å². The zero-order valence-electron chi connectivity index (χ0n) is 14.1. The SMILES string of the molecule is O=C(Nc1ccc(C(=O)[O-])cc1)/C(=C\c1ccco1)NC(=O)c1ccc(Br)o1. The quantitative estimate of drug-likeness (QED) is 0.563. The van der Waals surface area contributed by atoms with E-state index < -0.39 is 17.8 Å². The zero-order valence-corrected chi connectivity index (χ0v) is 15.7. The van der Waals surface area contributed by atoms with E-state index in [9.17, 15) is 19.5 Å². The minimum absolute atomic E-state index is 0.00308. The van der Waals surface area contributed by atoms with Crippen molar-refractivity contribution in [1.29, 1.82) is 0 Å². The predicted molar refractivity (Wildman–Crippen MR) is 100.0 cm³/mol. The Kier molecular flexibility index (Phi) is 5.75. The third-order valence-electron chi connectivity index (χ3n) is 3.50. The monoisotopic (exact) mass is 443 g/mol. The molecule has 8 nitrogen and oxygen atoms in total. The first-order valence-corrected chi connectivity index (χ1v) is 8.66. The van der Waals surface area contributed by atoms with Gasteiger partial charge in [0, 0.05) is 11.8 Å². The molecule has 28 heavy (non-hydrogen) atoms. The fourth-order valence-corrected chi connectivity index (χ4v) is 2.49. The summed E-state index contributed by atoms with van der Waals surface area (Å²) in [5, 5.41) is 15.8. The van der Waals surface area contributed by atoms with Crippen LogP contribution in [0.2, 0.25) is 0 Å². The fraction of sp³-hybridized carbons (Fsp3) is 0. The van der Waals surface area contributed by atoms with Gasteiger partial charge < -0.3 is 29.4 Å². The Balaban J connectivity index is 1.80. The minimum atomic E-state index is -1.33. The highest BCUT2D eigenvalue weighted by Crippen LogP contribution is 2.16. The average molecular weight is 444 g/mol. The number of benzene rings is 1. The highest BCUT2D eigenvalue weighted by Gasteiger charge is 2.18. The number of nitrogens with one attached hydrogen (secondary N) is 2. The molecule has 0 atom stereocenters. The third kappa shape index (κ3) is 4.77. The van der Waals surface area contributed by atoms with E-state index in [1.807, 2.05) is 0 Å². The lowest BCUT2D eigenvalue weighted by molar-refractivity contribution is -0.255. The zero-order chi connectivity index (χ0) is 20.1. The summed E-state index contributed by atoms with van der Waals surface area (Å²) in [6.07, 6.45) is 2.77. The van der Waals surface area contributed by atoms with Gasteiger partial charge in [-0.15, -0.1) is 0 Å². The van der Waals surface area contributed by atoms with Crippen LogP contribution in [0.1, 0.15) is 26.7 Å². The van der Waals surface area contributed by atoms with E-state index in [4.69, 9.17) is 8.83 Å². The number of furan rings is 2. The maximum absolute atomic E-state index is 12.6. The molecule has 2 amide bonds. The van der Waals surface area contributed by atoms with Crippen LogP contribution in [0.25, 0.3) is 6.08 Å². The van der Waals surface area contributed by atoms with Crippen molar-refractivity contribution in [2.24, 2.45) is 0 Å². The summed E-state index contributed by atoms with van der Waals surface area (Å²) in [7, 11) is 0. The number of halogens is 1. The molecule has 3 rings (SSSR count). The van der Waals surface area contributed by atoms with Crippen LogP contribution in [0.4, 0.5) is 5.69 Å². The molecular weight excluding hydrogens is 432 g/mol. The second-order valence-electron chi connectivity index (χ2n) is 5.45. The lowest BCUT2D eigenvalue weighted by Gasteiger charge is -2.10. The third-order valence-corrected chi connectivity index (χ3v) is 3.92. The molecule has 1 aromatic carbocycles. The van der Waals surface area contributed by atoms with Crippen LogP contribution < -0.4 is 15.7 Å². The molecule has 0 bridgehead atoms. The van der Waals surface area contributed by atoms with Gasteiger partial charge in [-0.1, -0.05) is 12.1 Å². The van der Waals surface area contributed by atoms with Crippen molar-refractivity contribution in [1.82, 2.24) is 5.32 Å². The Labute approximate surface area is 167 Å². The molecule has 2 N–H and O–H groups in total. The molecule has 3 aromatic rings. The van der Waals surface area contributed by atoms with Crippen molar-refractivity contribution < 1.29 is 28.3 Å². The normalized spacial score (nSPS) is 11.1. The molecule has 0 aliphatic rings. The molecule has 9 heteroatoms. The molecule has 0 spiro atoms. The van der Waals surface area contributed by atoms with Gasteiger partial charge in [0.1, 0.15) is 11.5 Å². The number of carbonyl (C=O) groups is 3. The van der Waals surface area contributed by atoms with E-state index in [1.165, 1.54) is 42.7 Å². The molecule has 2 heterocycles. The highest BCUT2D eigenvalue weighted by atomic mass is 79.9. The topological polar surface area (TPSA) is 125 Å². The molecule has 0 saturated heterocycles. The van der Waals surface area contributed by atoms with Crippen molar-refractivity contribution in [2.75, 3.05) is 5.32 Å². The van der Waals surface area contributed by atoms with Gasteiger partial charge in [0.05, 0.1) is 12.2 Å². The number of aromatic carboxylic acids is 1. The first-order valence-electron chi connectivity index (χ1n) is 7.87. The second kappa shape index (κ2) is 8.40. The molecule has 0 saturated carbocycles. The summed E-state index contributed by atoms with van der Waals surface area (Å²) in [5.74, 6) is -2.25. The number of anilines is 1. The first kappa shape index (κ1) is 19.2. The molecule has 0 aliphatic carbocycles. The van der Waals surface area contributed by atoms with Gasteiger partial charge in [-0.25, -0.2) is 0 Å². The molecule has 142 valence electrons. The van der Waals surface area contributed by atoms with Gasteiger partial charge in [-0.2, -0.15) is 0 Å². The molecular formula is C19H12BrN2O6-. The van der Waals surface area contributed by atoms with Crippen LogP contribution in [0.5, 0.6) is 0 Å². The Morgan fingerprint density at radius 1 is 1.04 bits per heavy atom. The molecule has 0 radical (unpaired) electrons. The van der Waals surface area contributed by atoms with Crippen molar-refractivity contribution in [3.05, 3.63) is 82.2 Å². The first-order chi connectivity index (χ1) is 13.4. The van der Waals surface area contributed by atoms with Gasteiger partial charge in [0.25, 0.3) is 11.8 Å². The van der Waals surface area contributed by atoms with E-state index in [0.29, 0.717) is 16.1 Å². The number of hydrogen-bond donors (Lipinski definition) is 2. The number of amides is 2. The van der Waals surface area contributed by atoms with Crippen LogP contribution in [0.15, 0.2) is 74.0 Å². The van der Waals surface area contributed by atoms with Gasteiger partial charge in [-0.05, 0) is 57.9 Å². The lowest BCUT2D eigenvalue weighted by atomic mass is 10.2. The summed E-state index contributed by atoms with van der Waals surface area (Å²) in [4.78, 5) is 35.7. The van der Waals surface area contributed by atoms with E-state index in [2.05, 4.69) is 26.6 Å². The Morgan fingerprint density at radius 2 is 1.79 bits per heavy atom. The average Bonchev–Trinajstić information content (AvgIpc) is 3.33.